The van der Waals surface area contributed by atoms with Crippen molar-refractivity contribution < 1.29 is 4.74 Å². The summed E-state index contributed by atoms with van der Waals surface area (Å²) in [7, 11) is 1.96. The van der Waals surface area contributed by atoms with Crippen molar-refractivity contribution in [3.05, 3.63) is 0 Å². The molecule has 0 amide bonds. The van der Waals surface area contributed by atoms with Crippen LogP contribution in [0.5, 0.6) is 0 Å². The first kappa shape index (κ1) is 11.4. The Morgan fingerprint density at radius 1 is 1.64 bits per heavy atom. The molecule has 0 bridgehead atoms. The number of rotatable bonds is 7. The maximum Gasteiger partial charge on any atom is 0.106 e. The van der Waals surface area contributed by atoms with Crippen LogP contribution in [0.15, 0.2) is 0 Å². The minimum Gasteiger partial charge on any atom is -0.380 e. The Labute approximate surface area is 85.6 Å². The number of hydrogen-bond acceptors (Lipinski definition) is 4. The fourth-order valence-electron chi connectivity index (χ4n) is 1.22. The number of likely N-dealkylation sites (N-methyl/N-ethyl adjacent to an activating group) is 1. The van der Waals surface area contributed by atoms with Crippen molar-refractivity contribution >= 4 is 0 Å². The molecule has 0 aromatic carbocycles. The fourth-order valence-corrected chi connectivity index (χ4v) is 1.22. The van der Waals surface area contributed by atoms with Crippen molar-refractivity contribution in [2.24, 2.45) is 11.7 Å². The molecule has 1 aliphatic rings. The van der Waals surface area contributed by atoms with Crippen LogP contribution in [-0.2, 0) is 4.74 Å². The summed E-state index contributed by atoms with van der Waals surface area (Å²) in [6.45, 7) is 3.11. The van der Waals surface area contributed by atoms with Crippen molar-refractivity contribution in [2.45, 2.75) is 18.9 Å². The SMILES string of the molecule is CN(CCOCC1CC1)CC(N)C#N. The van der Waals surface area contributed by atoms with E-state index in [1.807, 2.05) is 18.0 Å². The van der Waals surface area contributed by atoms with Gasteiger partial charge in [0.05, 0.1) is 12.7 Å². The summed E-state index contributed by atoms with van der Waals surface area (Å²) < 4.78 is 5.48. The second-order valence-corrected chi connectivity index (χ2v) is 4.02. The monoisotopic (exact) mass is 197 g/mol. The molecular formula is C10H19N3O. The number of ether oxygens (including phenoxy) is 1. The molecule has 1 saturated carbocycles. The Balaban J connectivity index is 1.91. The van der Waals surface area contributed by atoms with Gasteiger partial charge in [0.1, 0.15) is 6.04 Å². The van der Waals surface area contributed by atoms with Crippen molar-refractivity contribution in [2.75, 3.05) is 33.4 Å². The van der Waals surface area contributed by atoms with Gasteiger partial charge in [-0.05, 0) is 25.8 Å². The molecule has 0 aliphatic heterocycles. The largest absolute Gasteiger partial charge is 0.380 e. The molecule has 1 unspecified atom stereocenters. The fraction of sp³-hybridized carbons (Fsp3) is 0.900. The lowest BCUT2D eigenvalue weighted by Gasteiger charge is -2.17. The Kier molecular flexibility index (Phi) is 4.88. The second-order valence-electron chi connectivity index (χ2n) is 4.02. The summed E-state index contributed by atoms with van der Waals surface area (Å²) >= 11 is 0. The highest BCUT2D eigenvalue weighted by Gasteiger charge is 2.20. The quantitative estimate of drug-likeness (QED) is 0.592. The normalized spacial score (nSPS) is 18.1. The maximum absolute atomic E-state index is 8.50. The average Bonchev–Trinajstić information content (AvgIpc) is 2.96. The molecule has 0 saturated heterocycles. The lowest BCUT2D eigenvalue weighted by atomic mass is 10.3. The minimum absolute atomic E-state index is 0.386. The zero-order valence-electron chi connectivity index (χ0n) is 8.78. The van der Waals surface area contributed by atoms with E-state index in [0.29, 0.717) is 6.54 Å². The highest BCUT2D eigenvalue weighted by molar-refractivity contribution is 4.88. The summed E-state index contributed by atoms with van der Waals surface area (Å²) in [6, 6.07) is 1.62. The van der Waals surface area contributed by atoms with Crippen molar-refractivity contribution in [3.63, 3.8) is 0 Å². The Morgan fingerprint density at radius 2 is 2.36 bits per heavy atom. The average molecular weight is 197 g/mol. The van der Waals surface area contributed by atoms with Crippen LogP contribution in [0.1, 0.15) is 12.8 Å². The van der Waals surface area contributed by atoms with Crippen LogP contribution in [0.2, 0.25) is 0 Å². The third kappa shape index (κ3) is 5.18. The molecule has 4 heteroatoms. The first-order valence-electron chi connectivity index (χ1n) is 5.14. The lowest BCUT2D eigenvalue weighted by molar-refractivity contribution is 0.103. The molecule has 4 nitrogen and oxygen atoms in total. The Bertz CT molecular complexity index is 198. The van der Waals surface area contributed by atoms with E-state index in [9.17, 15) is 0 Å². The van der Waals surface area contributed by atoms with Crippen molar-refractivity contribution in [1.82, 2.24) is 4.90 Å². The number of hydrogen-bond donors (Lipinski definition) is 1. The van der Waals surface area contributed by atoms with Gasteiger partial charge in [-0.25, -0.2) is 0 Å². The van der Waals surface area contributed by atoms with Gasteiger partial charge in [0.15, 0.2) is 0 Å². The van der Waals surface area contributed by atoms with Crippen LogP contribution in [0.3, 0.4) is 0 Å². The van der Waals surface area contributed by atoms with Crippen LogP contribution < -0.4 is 5.73 Å². The number of nitrogens with two attached hydrogens (primary N) is 1. The van der Waals surface area contributed by atoms with E-state index in [2.05, 4.69) is 0 Å². The molecule has 0 radical (unpaired) electrons. The molecular weight excluding hydrogens is 178 g/mol. The van der Waals surface area contributed by atoms with E-state index in [0.717, 1.165) is 25.7 Å². The van der Waals surface area contributed by atoms with Crippen LogP contribution in [0.25, 0.3) is 0 Å². The van der Waals surface area contributed by atoms with Gasteiger partial charge in [-0.3, -0.25) is 0 Å². The zero-order chi connectivity index (χ0) is 10.4. The Morgan fingerprint density at radius 3 is 2.93 bits per heavy atom. The van der Waals surface area contributed by atoms with Gasteiger partial charge in [-0.15, -0.1) is 0 Å². The topological polar surface area (TPSA) is 62.3 Å². The van der Waals surface area contributed by atoms with Gasteiger partial charge in [-0.2, -0.15) is 5.26 Å². The van der Waals surface area contributed by atoms with Gasteiger partial charge in [0, 0.05) is 19.7 Å². The summed E-state index contributed by atoms with van der Waals surface area (Å²) in [6.07, 6.45) is 2.66. The van der Waals surface area contributed by atoms with Crippen molar-refractivity contribution in [1.29, 1.82) is 5.26 Å². The molecule has 14 heavy (non-hydrogen) atoms. The first-order valence-corrected chi connectivity index (χ1v) is 5.14. The molecule has 1 atom stereocenters. The highest BCUT2D eigenvalue weighted by atomic mass is 16.5. The lowest BCUT2D eigenvalue weighted by Crippen LogP contribution is -2.35. The molecule has 2 N–H and O–H groups in total. The van der Waals surface area contributed by atoms with E-state index < -0.39 is 0 Å². The summed E-state index contributed by atoms with van der Waals surface area (Å²) in [5.74, 6) is 0.821. The Hall–Kier alpha value is -0.630. The first-order chi connectivity index (χ1) is 6.72. The summed E-state index contributed by atoms with van der Waals surface area (Å²) in [4.78, 5) is 2.03. The molecule has 80 valence electrons. The third-order valence-electron chi connectivity index (χ3n) is 2.34. The predicted molar refractivity (Wildman–Crippen MR) is 54.6 cm³/mol. The summed E-state index contributed by atoms with van der Waals surface area (Å²) in [5, 5.41) is 8.50. The highest BCUT2D eigenvalue weighted by Crippen LogP contribution is 2.28. The number of nitrogens with zero attached hydrogens (tertiary/aromatic N) is 2. The molecule has 0 aromatic rings. The third-order valence-corrected chi connectivity index (χ3v) is 2.34. The van der Waals surface area contributed by atoms with Gasteiger partial charge in [0.2, 0.25) is 0 Å². The molecule has 0 heterocycles. The van der Waals surface area contributed by atoms with E-state index in [-0.39, 0.29) is 6.04 Å². The summed E-state index contributed by atoms with van der Waals surface area (Å²) in [5.41, 5.74) is 5.49. The van der Waals surface area contributed by atoms with E-state index >= 15 is 0 Å². The van der Waals surface area contributed by atoms with Crippen molar-refractivity contribution in [3.8, 4) is 6.07 Å². The van der Waals surface area contributed by atoms with Crippen LogP contribution in [0.4, 0.5) is 0 Å². The van der Waals surface area contributed by atoms with Crippen LogP contribution in [-0.4, -0.2) is 44.3 Å². The van der Waals surface area contributed by atoms with Gasteiger partial charge in [0.25, 0.3) is 0 Å². The van der Waals surface area contributed by atoms with Gasteiger partial charge >= 0.3 is 0 Å². The molecule has 1 aliphatic carbocycles. The van der Waals surface area contributed by atoms with Crippen LogP contribution in [0, 0.1) is 17.2 Å². The van der Waals surface area contributed by atoms with E-state index in [1.165, 1.54) is 12.8 Å². The smallest absolute Gasteiger partial charge is 0.106 e. The van der Waals surface area contributed by atoms with Gasteiger partial charge in [-0.1, -0.05) is 0 Å². The zero-order valence-corrected chi connectivity index (χ0v) is 8.78. The predicted octanol–water partition coefficient (Wildman–Crippen LogP) is 0.196. The van der Waals surface area contributed by atoms with Gasteiger partial charge < -0.3 is 15.4 Å². The molecule has 0 aromatic heterocycles. The molecule has 1 fully saturated rings. The molecule has 0 spiro atoms. The second kappa shape index (κ2) is 5.97. The maximum atomic E-state index is 8.50. The minimum atomic E-state index is -0.386. The number of nitriles is 1. The molecule has 1 rings (SSSR count). The van der Waals surface area contributed by atoms with E-state index in [1.54, 1.807) is 0 Å². The van der Waals surface area contributed by atoms with Crippen LogP contribution >= 0.6 is 0 Å². The van der Waals surface area contributed by atoms with E-state index in [4.69, 9.17) is 15.7 Å². The standard InChI is InChI=1S/C10H19N3O/c1-13(7-10(12)6-11)4-5-14-8-9-2-3-9/h9-10H,2-5,7-8,12H2,1H3.